The van der Waals surface area contributed by atoms with Gasteiger partial charge in [0.05, 0.1) is 30.4 Å². The van der Waals surface area contributed by atoms with Crippen LogP contribution < -0.4 is 15.4 Å². The van der Waals surface area contributed by atoms with Crippen LogP contribution >= 0.6 is 0 Å². The van der Waals surface area contributed by atoms with Crippen molar-refractivity contribution in [1.29, 1.82) is 0 Å². The van der Waals surface area contributed by atoms with E-state index in [9.17, 15) is 19.5 Å². The standard InChI is InChI=1S/C27H34N4O5/c1-17-14-31(18(2)16-32)26(34)21-10-7-11-22(29-25(33)19-12-13-19)24(21)36-23(17)15-30(3)27(35)28-20-8-5-4-6-9-20/h4-11,17-19,23,32H,12-16H2,1-3H3,(H,28,35)(H,29,33)/t17-,18-,23-/m0/s1. The summed E-state index contributed by atoms with van der Waals surface area (Å²) < 4.78 is 6.44. The number of likely N-dealkylation sites (N-methyl/N-ethyl adjacent to an activating group) is 1. The van der Waals surface area contributed by atoms with Crippen molar-refractivity contribution in [3.05, 3.63) is 54.1 Å². The van der Waals surface area contributed by atoms with Gasteiger partial charge in [0.15, 0.2) is 5.75 Å². The molecule has 2 aromatic carbocycles. The van der Waals surface area contributed by atoms with Gasteiger partial charge >= 0.3 is 6.03 Å². The molecule has 0 spiro atoms. The summed E-state index contributed by atoms with van der Waals surface area (Å²) in [6.07, 6.45) is 1.23. The number of nitrogens with one attached hydrogen (secondary N) is 2. The van der Waals surface area contributed by atoms with Crippen molar-refractivity contribution in [2.45, 2.75) is 38.8 Å². The summed E-state index contributed by atoms with van der Waals surface area (Å²) in [6.45, 7) is 4.16. The average molecular weight is 495 g/mol. The molecule has 36 heavy (non-hydrogen) atoms. The minimum atomic E-state index is -0.476. The van der Waals surface area contributed by atoms with Crippen molar-refractivity contribution in [3.63, 3.8) is 0 Å². The number of aliphatic hydroxyl groups excluding tert-OH is 1. The Morgan fingerprint density at radius 1 is 1.14 bits per heavy atom. The second kappa shape index (κ2) is 11.0. The molecule has 1 fully saturated rings. The van der Waals surface area contributed by atoms with E-state index in [2.05, 4.69) is 10.6 Å². The summed E-state index contributed by atoms with van der Waals surface area (Å²) in [6, 6.07) is 13.6. The van der Waals surface area contributed by atoms with Crippen molar-refractivity contribution < 1.29 is 24.2 Å². The maximum Gasteiger partial charge on any atom is 0.321 e. The number of carbonyl (C=O) groups excluding carboxylic acids is 3. The number of rotatable bonds is 7. The van der Waals surface area contributed by atoms with Gasteiger partial charge in [0.2, 0.25) is 5.91 Å². The Kier molecular flexibility index (Phi) is 7.79. The number of para-hydroxylation sites is 2. The number of benzene rings is 2. The van der Waals surface area contributed by atoms with Crippen LogP contribution in [0.5, 0.6) is 5.75 Å². The van der Waals surface area contributed by atoms with Crippen molar-refractivity contribution in [3.8, 4) is 5.75 Å². The van der Waals surface area contributed by atoms with Gasteiger partial charge in [-0.05, 0) is 44.0 Å². The number of anilines is 2. The van der Waals surface area contributed by atoms with Crippen molar-refractivity contribution in [2.24, 2.45) is 11.8 Å². The van der Waals surface area contributed by atoms with Crippen LogP contribution in [0.15, 0.2) is 48.5 Å². The van der Waals surface area contributed by atoms with Gasteiger partial charge < -0.3 is 30.3 Å². The lowest BCUT2D eigenvalue weighted by Gasteiger charge is -2.38. The molecule has 1 heterocycles. The third-order valence-corrected chi connectivity index (χ3v) is 6.72. The zero-order valence-corrected chi connectivity index (χ0v) is 20.9. The normalized spacial score (nSPS) is 20.3. The van der Waals surface area contributed by atoms with Gasteiger partial charge in [-0.3, -0.25) is 9.59 Å². The Morgan fingerprint density at radius 2 is 1.86 bits per heavy atom. The molecular weight excluding hydrogens is 460 g/mol. The first-order chi connectivity index (χ1) is 17.3. The van der Waals surface area contributed by atoms with Gasteiger partial charge in [0.25, 0.3) is 5.91 Å². The number of aliphatic hydroxyl groups is 1. The van der Waals surface area contributed by atoms with Gasteiger partial charge in [0.1, 0.15) is 6.10 Å². The zero-order chi connectivity index (χ0) is 25.8. The molecule has 0 aromatic heterocycles. The molecule has 0 saturated heterocycles. The van der Waals surface area contributed by atoms with Gasteiger partial charge in [-0.15, -0.1) is 0 Å². The third-order valence-electron chi connectivity index (χ3n) is 6.72. The molecule has 9 nitrogen and oxygen atoms in total. The van der Waals surface area contributed by atoms with Gasteiger partial charge in [-0.2, -0.15) is 0 Å². The zero-order valence-electron chi connectivity index (χ0n) is 20.9. The molecule has 192 valence electrons. The van der Waals surface area contributed by atoms with E-state index in [1.807, 2.05) is 37.3 Å². The first-order valence-corrected chi connectivity index (χ1v) is 12.4. The van der Waals surface area contributed by atoms with Crippen LogP contribution in [0, 0.1) is 11.8 Å². The maximum atomic E-state index is 13.5. The molecule has 4 amide bonds. The van der Waals surface area contributed by atoms with E-state index >= 15 is 0 Å². The van der Waals surface area contributed by atoms with Crippen molar-refractivity contribution in [2.75, 3.05) is 37.4 Å². The summed E-state index contributed by atoms with van der Waals surface area (Å²) in [4.78, 5) is 42.1. The number of ether oxygens (including phenoxy) is 1. The summed E-state index contributed by atoms with van der Waals surface area (Å²) in [5, 5.41) is 15.6. The molecule has 1 saturated carbocycles. The molecular formula is C27H34N4O5. The van der Waals surface area contributed by atoms with E-state index < -0.39 is 12.1 Å². The third kappa shape index (κ3) is 5.79. The molecule has 2 aromatic rings. The SMILES string of the molecule is C[C@H]1CN([C@@H](C)CO)C(=O)c2cccc(NC(=O)C3CC3)c2O[C@H]1CN(C)C(=O)Nc1ccccc1. The molecule has 1 aliphatic heterocycles. The highest BCUT2D eigenvalue weighted by molar-refractivity contribution is 6.02. The second-order valence-corrected chi connectivity index (χ2v) is 9.75. The lowest BCUT2D eigenvalue weighted by molar-refractivity contribution is -0.117. The van der Waals surface area contributed by atoms with Crippen LogP contribution in [-0.4, -0.2) is 71.6 Å². The van der Waals surface area contributed by atoms with Crippen molar-refractivity contribution in [1.82, 2.24) is 9.80 Å². The van der Waals surface area contributed by atoms with Crippen LogP contribution in [0.25, 0.3) is 0 Å². The van der Waals surface area contributed by atoms with Crippen molar-refractivity contribution >= 4 is 29.2 Å². The van der Waals surface area contributed by atoms with Crippen LogP contribution in [0.3, 0.4) is 0 Å². The number of hydrogen-bond acceptors (Lipinski definition) is 5. The highest BCUT2D eigenvalue weighted by atomic mass is 16.5. The first kappa shape index (κ1) is 25.5. The lowest BCUT2D eigenvalue weighted by Crippen LogP contribution is -2.50. The molecule has 9 heteroatoms. The van der Waals surface area contributed by atoms with E-state index in [0.717, 1.165) is 12.8 Å². The lowest BCUT2D eigenvalue weighted by atomic mass is 9.99. The van der Waals surface area contributed by atoms with Crippen LogP contribution in [0.4, 0.5) is 16.2 Å². The Balaban J connectivity index is 1.62. The average Bonchev–Trinajstić information content (AvgIpc) is 3.72. The topological polar surface area (TPSA) is 111 Å². The number of fused-ring (bicyclic) bond motifs is 1. The summed E-state index contributed by atoms with van der Waals surface area (Å²) in [5.41, 5.74) is 1.44. The van der Waals surface area contributed by atoms with Gasteiger partial charge in [-0.1, -0.05) is 31.2 Å². The number of hydrogen-bond donors (Lipinski definition) is 3. The van der Waals surface area contributed by atoms with Crippen LogP contribution in [0.2, 0.25) is 0 Å². The summed E-state index contributed by atoms with van der Waals surface area (Å²) in [7, 11) is 1.69. The predicted octanol–water partition coefficient (Wildman–Crippen LogP) is 3.42. The second-order valence-electron chi connectivity index (χ2n) is 9.75. The smallest absolute Gasteiger partial charge is 0.321 e. The van der Waals surface area contributed by atoms with Crippen LogP contribution in [-0.2, 0) is 4.79 Å². The van der Waals surface area contributed by atoms with Gasteiger partial charge in [-0.25, -0.2) is 4.79 Å². The number of urea groups is 1. The van der Waals surface area contributed by atoms with E-state index in [4.69, 9.17) is 4.74 Å². The number of nitrogens with zero attached hydrogens (tertiary/aromatic N) is 2. The monoisotopic (exact) mass is 494 g/mol. The molecule has 0 bridgehead atoms. The molecule has 4 rings (SSSR count). The number of carbonyl (C=O) groups is 3. The molecule has 0 unspecified atom stereocenters. The fraction of sp³-hybridized carbons (Fsp3) is 0.444. The summed E-state index contributed by atoms with van der Waals surface area (Å²) >= 11 is 0. The minimum Gasteiger partial charge on any atom is -0.485 e. The van der Waals surface area contributed by atoms with Gasteiger partial charge in [0, 0.05) is 31.1 Å². The summed E-state index contributed by atoms with van der Waals surface area (Å²) in [5.74, 6) is -0.255. The quantitative estimate of drug-likeness (QED) is 0.546. The highest BCUT2D eigenvalue weighted by Crippen LogP contribution is 2.37. The Hall–Kier alpha value is -3.59. The maximum absolute atomic E-state index is 13.5. The molecule has 2 aliphatic rings. The Labute approximate surface area is 211 Å². The Morgan fingerprint density at radius 3 is 2.53 bits per heavy atom. The Bertz CT molecular complexity index is 1100. The fourth-order valence-electron chi connectivity index (χ4n) is 4.23. The largest absolute Gasteiger partial charge is 0.485 e. The molecule has 0 radical (unpaired) electrons. The first-order valence-electron chi connectivity index (χ1n) is 12.4. The minimum absolute atomic E-state index is 0.0152. The fourth-order valence-corrected chi connectivity index (χ4v) is 4.23. The molecule has 1 aliphatic carbocycles. The predicted molar refractivity (Wildman–Crippen MR) is 137 cm³/mol. The highest BCUT2D eigenvalue weighted by Gasteiger charge is 2.36. The molecule has 3 atom stereocenters. The van der Waals surface area contributed by atoms with E-state index in [1.165, 1.54) is 0 Å². The number of amides is 4. The molecule has 3 N–H and O–H groups in total. The van der Waals surface area contributed by atoms with E-state index in [0.29, 0.717) is 29.2 Å². The van der Waals surface area contributed by atoms with E-state index in [1.54, 1.807) is 42.0 Å². The van der Waals surface area contributed by atoms with Crippen LogP contribution in [0.1, 0.15) is 37.0 Å². The van der Waals surface area contributed by atoms with E-state index in [-0.39, 0.29) is 42.8 Å².